The highest BCUT2D eigenvalue weighted by Gasteiger charge is 2.16. The van der Waals surface area contributed by atoms with Gasteiger partial charge in [-0.2, -0.15) is 0 Å². The van der Waals surface area contributed by atoms with Crippen molar-refractivity contribution >= 4 is 11.6 Å². The molecule has 0 aromatic heterocycles. The summed E-state index contributed by atoms with van der Waals surface area (Å²) in [6.07, 6.45) is 0.937. The first-order valence-corrected chi connectivity index (χ1v) is 7.31. The Kier molecular flexibility index (Phi) is 4.99. The van der Waals surface area contributed by atoms with Crippen LogP contribution < -0.4 is 5.73 Å². The molecule has 0 heterocycles. The first-order chi connectivity index (χ1) is 10.1. The summed E-state index contributed by atoms with van der Waals surface area (Å²) >= 11 is 0. The summed E-state index contributed by atoms with van der Waals surface area (Å²) in [7, 11) is 0. The molecule has 0 bridgehead atoms. The van der Waals surface area contributed by atoms with Gasteiger partial charge in [0.1, 0.15) is 0 Å². The number of carbonyl (C=O) groups is 1. The Morgan fingerprint density at radius 1 is 1.10 bits per heavy atom. The van der Waals surface area contributed by atoms with E-state index in [0.29, 0.717) is 6.54 Å². The Morgan fingerprint density at radius 3 is 2.38 bits per heavy atom. The molecule has 1 amide bonds. The van der Waals surface area contributed by atoms with Gasteiger partial charge < -0.3 is 10.6 Å². The first kappa shape index (κ1) is 15.1. The molecule has 0 saturated carbocycles. The van der Waals surface area contributed by atoms with Crippen molar-refractivity contribution in [1.82, 2.24) is 4.90 Å². The molecule has 0 saturated heterocycles. The molecular formula is C18H22N2O. The summed E-state index contributed by atoms with van der Waals surface area (Å²) in [6.45, 7) is 5.42. The van der Waals surface area contributed by atoms with E-state index < -0.39 is 0 Å². The smallest absolute Gasteiger partial charge is 0.254 e. The minimum absolute atomic E-state index is 0.0896. The van der Waals surface area contributed by atoms with Crippen molar-refractivity contribution in [2.75, 3.05) is 12.3 Å². The zero-order valence-corrected chi connectivity index (χ0v) is 12.7. The molecule has 0 aliphatic rings. The number of carbonyl (C=O) groups excluding carboxylic acids is 1. The van der Waals surface area contributed by atoms with E-state index in [1.807, 2.05) is 60.4 Å². The third-order valence-corrected chi connectivity index (χ3v) is 3.51. The van der Waals surface area contributed by atoms with Gasteiger partial charge in [0.2, 0.25) is 0 Å². The van der Waals surface area contributed by atoms with Crippen molar-refractivity contribution < 1.29 is 4.79 Å². The van der Waals surface area contributed by atoms with Crippen LogP contribution in [0.25, 0.3) is 0 Å². The number of hydrogen-bond acceptors (Lipinski definition) is 2. The molecule has 3 nitrogen and oxygen atoms in total. The summed E-state index contributed by atoms with van der Waals surface area (Å²) in [5, 5.41) is 0. The number of aryl methyl sites for hydroxylation is 1. The monoisotopic (exact) mass is 282 g/mol. The summed E-state index contributed by atoms with van der Waals surface area (Å²) in [6, 6.07) is 15.4. The highest BCUT2D eigenvalue weighted by Crippen LogP contribution is 2.15. The summed E-state index contributed by atoms with van der Waals surface area (Å²) in [5.74, 6) is 0.0896. The van der Waals surface area contributed by atoms with Gasteiger partial charge in [-0.1, -0.05) is 37.3 Å². The van der Waals surface area contributed by atoms with E-state index in [9.17, 15) is 4.79 Å². The topological polar surface area (TPSA) is 46.3 Å². The Balaban J connectivity index is 2.20. The van der Waals surface area contributed by atoms with Crippen LogP contribution in [-0.4, -0.2) is 17.4 Å². The zero-order chi connectivity index (χ0) is 15.2. The third-order valence-electron chi connectivity index (χ3n) is 3.51. The lowest BCUT2D eigenvalue weighted by atomic mass is 10.1. The normalized spacial score (nSPS) is 10.4. The third kappa shape index (κ3) is 3.85. The molecule has 0 aliphatic carbocycles. The summed E-state index contributed by atoms with van der Waals surface area (Å²) in [5.41, 5.74) is 9.34. The molecule has 2 rings (SSSR count). The fraction of sp³-hybridized carbons (Fsp3) is 0.278. The van der Waals surface area contributed by atoms with Gasteiger partial charge in [0.15, 0.2) is 0 Å². The largest absolute Gasteiger partial charge is 0.399 e. The maximum atomic E-state index is 12.7. The van der Waals surface area contributed by atoms with E-state index in [2.05, 4.69) is 6.92 Å². The van der Waals surface area contributed by atoms with Crippen LogP contribution in [0.4, 0.5) is 5.69 Å². The van der Waals surface area contributed by atoms with Crippen LogP contribution in [-0.2, 0) is 6.54 Å². The molecule has 0 atom stereocenters. The number of benzene rings is 2. The van der Waals surface area contributed by atoms with Crippen molar-refractivity contribution in [3.05, 3.63) is 65.2 Å². The quantitative estimate of drug-likeness (QED) is 0.851. The number of hydrogen-bond donors (Lipinski definition) is 1. The van der Waals surface area contributed by atoms with Crippen molar-refractivity contribution in [1.29, 1.82) is 0 Å². The van der Waals surface area contributed by atoms with Crippen LogP contribution in [0.15, 0.2) is 48.5 Å². The van der Waals surface area contributed by atoms with Gasteiger partial charge >= 0.3 is 0 Å². The second kappa shape index (κ2) is 6.93. The van der Waals surface area contributed by atoms with Crippen LogP contribution in [0.3, 0.4) is 0 Å². The van der Waals surface area contributed by atoms with Crippen LogP contribution in [0.1, 0.15) is 34.8 Å². The lowest BCUT2D eigenvalue weighted by molar-refractivity contribution is 0.0742. The summed E-state index contributed by atoms with van der Waals surface area (Å²) < 4.78 is 0. The average molecular weight is 282 g/mol. The molecule has 3 heteroatoms. The number of rotatable bonds is 5. The molecule has 21 heavy (non-hydrogen) atoms. The van der Waals surface area contributed by atoms with Crippen LogP contribution >= 0.6 is 0 Å². The van der Waals surface area contributed by atoms with Gasteiger partial charge in [0.05, 0.1) is 0 Å². The Hall–Kier alpha value is -2.29. The maximum absolute atomic E-state index is 12.7. The van der Waals surface area contributed by atoms with Gasteiger partial charge in [-0.15, -0.1) is 0 Å². The standard InChI is InChI=1S/C18H22N2O/c1-3-12-20(13-15-8-10-16(19)11-9-15)18(21)17-7-5-4-6-14(17)2/h4-11H,3,12-13,19H2,1-2H3. The lowest BCUT2D eigenvalue weighted by Gasteiger charge is -2.23. The average Bonchev–Trinajstić information content (AvgIpc) is 2.49. The Labute approximate surface area is 126 Å². The number of nitrogen functional groups attached to an aromatic ring is 1. The van der Waals surface area contributed by atoms with Gasteiger partial charge in [-0.3, -0.25) is 4.79 Å². The van der Waals surface area contributed by atoms with Crippen molar-refractivity contribution in [2.24, 2.45) is 0 Å². The van der Waals surface area contributed by atoms with E-state index >= 15 is 0 Å². The first-order valence-electron chi connectivity index (χ1n) is 7.31. The van der Waals surface area contributed by atoms with Crippen molar-refractivity contribution in [2.45, 2.75) is 26.8 Å². The molecule has 0 fully saturated rings. The van der Waals surface area contributed by atoms with Crippen molar-refractivity contribution in [3.8, 4) is 0 Å². The van der Waals surface area contributed by atoms with Gasteiger partial charge in [-0.05, 0) is 42.7 Å². The van der Waals surface area contributed by atoms with Crippen LogP contribution in [0, 0.1) is 6.92 Å². The van der Waals surface area contributed by atoms with E-state index in [1.54, 1.807) is 0 Å². The van der Waals surface area contributed by atoms with Crippen molar-refractivity contribution in [3.63, 3.8) is 0 Å². The molecule has 110 valence electrons. The molecule has 2 aromatic carbocycles. The van der Waals surface area contributed by atoms with Gasteiger partial charge in [0.25, 0.3) is 5.91 Å². The molecule has 0 radical (unpaired) electrons. The van der Waals surface area contributed by atoms with E-state index in [-0.39, 0.29) is 5.91 Å². The van der Waals surface area contributed by atoms with E-state index in [4.69, 9.17) is 5.73 Å². The highest BCUT2D eigenvalue weighted by atomic mass is 16.2. The highest BCUT2D eigenvalue weighted by molar-refractivity contribution is 5.95. The zero-order valence-electron chi connectivity index (χ0n) is 12.7. The van der Waals surface area contributed by atoms with Crippen LogP contribution in [0.2, 0.25) is 0 Å². The second-order valence-electron chi connectivity index (χ2n) is 5.28. The molecule has 2 aromatic rings. The Bertz CT molecular complexity index is 605. The molecule has 2 N–H and O–H groups in total. The fourth-order valence-corrected chi connectivity index (χ4v) is 2.35. The predicted molar refractivity (Wildman–Crippen MR) is 87.1 cm³/mol. The minimum Gasteiger partial charge on any atom is -0.399 e. The minimum atomic E-state index is 0.0896. The molecular weight excluding hydrogens is 260 g/mol. The Morgan fingerprint density at radius 2 is 1.76 bits per heavy atom. The second-order valence-corrected chi connectivity index (χ2v) is 5.28. The number of nitrogens with zero attached hydrogens (tertiary/aromatic N) is 1. The fourth-order valence-electron chi connectivity index (χ4n) is 2.35. The van der Waals surface area contributed by atoms with E-state index in [0.717, 1.165) is 35.3 Å². The lowest BCUT2D eigenvalue weighted by Crippen LogP contribution is -2.31. The number of nitrogens with two attached hydrogens (primary N) is 1. The molecule has 0 spiro atoms. The molecule has 0 aliphatic heterocycles. The maximum Gasteiger partial charge on any atom is 0.254 e. The molecule has 0 unspecified atom stereocenters. The van der Waals surface area contributed by atoms with Gasteiger partial charge in [-0.25, -0.2) is 0 Å². The van der Waals surface area contributed by atoms with E-state index in [1.165, 1.54) is 0 Å². The number of amides is 1. The SMILES string of the molecule is CCCN(Cc1ccc(N)cc1)C(=O)c1ccccc1C. The van der Waals surface area contributed by atoms with Crippen LogP contribution in [0.5, 0.6) is 0 Å². The predicted octanol–water partition coefficient (Wildman–Crippen LogP) is 3.63. The number of anilines is 1. The summed E-state index contributed by atoms with van der Waals surface area (Å²) in [4.78, 5) is 14.6. The van der Waals surface area contributed by atoms with Gasteiger partial charge in [0, 0.05) is 24.3 Å².